The van der Waals surface area contributed by atoms with Gasteiger partial charge in [0.2, 0.25) is 11.8 Å². The Morgan fingerprint density at radius 1 is 1.26 bits per heavy atom. The van der Waals surface area contributed by atoms with E-state index in [9.17, 15) is 9.18 Å². The van der Waals surface area contributed by atoms with E-state index in [1.54, 1.807) is 12.1 Å². The zero-order valence-electron chi connectivity index (χ0n) is 15.3. The third kappa shape index (κ3) is 6.48. The molecule has 1 aliphatic rings. The molecule has 150 valence electrons. The SMILES string of the molecule is CNCCC1CCN(C(=O)Cc2coc(-c3ccc(F)cc3)n2)CC1.Cl.Cl. The summed E-state index contributed by atoms with van der Waals surface area (Å²) in [6.07, 6.45) is 5.05. The van der Waals surface area contributed by atoms with Crippen molar-refractivity contribution in [1.82, 2.24) is 15.2 Å². The zero-order chi connectivity index (χ0) is 17.6. The normalized spacial score (nSPS) is 14.4. The molecule has 1 aromatic heterocycles. The monoisotopic (exact) mass is 417 g/mol. The largest absolute Gasteiger partial charge is 0.444 e. The first kappa shape index (κ1) is 23.4. The average Bonchev–Trinajstić information content (AvgIpc) is 3.09. The van der Waals surface area contributed by atoms with Crippen LogP contribution in [0.3, 0.4) is 0 Å². The van der Waals surface area contributed by atoms with Gasteiger partial charge in [0.15, 0.2) is 0 Å². The van der Waals surface area contributed by atoms with Gasteiger partial charge in [0.05, 0.1) is 12.1 Å². The molecule has 1 aliphatic heterocycles. The highest BCUT2D eigenvalue weighted by molar-refractivity contribution is 5.85. The Labute approximate surface area is 171 Å². The first-order valence-corrected chi connectivity index (χ1v) is 8.78. The van der Waals surface area contributed by atoms with Crippen molar-refractivity contribution in [2.75, 3.05) is 26.7 Å². The maximum absolute atomic E-state index is 13.0. The van der Waals surface area contributed by atoms with Crippen LogP contribution in [0, 0.1) is 11.7 Å². The van der Waals surface area contributed by atoms with E-state index in [0.717, 1.165) is 32.5 Å². The van der Waals surface area contributed by atoms with Crippen molar-refractivity contribution in [3.05, 3.63) is 42.0 Å². The van der Waals surface area contributed by atoms with E-state index in [1.807, 2.05) is 11.9 Å². The van der Waals surface area contributed by atoms with Crippen molar-refractivity contribution in [2.45, 2.75) is 25.7 Å². The molecular formula is C19H26Cl2FN3O2. The predicted octanol–water partition coefficient (Wildman–Crippen LogP) is 3.71. The van der Waals surface area contributed by atoms with Gasteiger partial charge in [-0.25, -0.2) is 9.37 Å². The van der Waals surface area contributed by atoms with Gasteiger partial charge >= 0.3 is 0 Å². The topological polar surface area (TPSA) is 58.4 Å². The summed E-state index contributed by atoms with van der Waals surface area (Å²) in [6, 6.07) is 5.95. The molecule has 1 N–H and O–H groups in total. The molecule has 0 radical (unpaired) electrons. The highest BCUT2D eigenvalue weighted by Gasteiger charge is 2.23. The van der Waals surface area contributed by atoms with Crippen LogP contribution in [0.4, 0.5) is 4.39 Å². The number of rotatable bonds is 6. The third-order valence-electron chi connectivity index (χ3n) is 4.75. The molecule has 2 heterocycles. The maximum Gasteiger partial charge on any atom is 0.228 e. The van der Waals surface area contributed by atoms with Crippen LogP contribution in [0.2, 0.25) is 0 Å². The fourth-order valence-electron chi connectivity index (χ4n) is 3.20. The summed E-state index contributed by atoms with van der Waals surface area (Å²) in [4.78, 5) is 18.7. The summed E-state index contributed by atoms with van der Waals surface area (Å²) in [7, 11) is 1.97. The third-order valence-corrected chi connectivity index (χ3v) is 4.75. The Hall–Kier alpha value is -1.63. The van der Waals surface area contributed by atoms with Gasteiger partial charge in [-0.05, 0) is 63.0 Å². The van der Waals surface area contributed by atoms with Crippen LogP contribution in [-0.4, -0.2) is 42.5 Å². The quantitative estimate of drug-likeness (QED) is 0.777. The van der Waals surface area contributed by atoms with E-state index in [1.165, 1.54) is 24.8 Å². The fraction of sp³-hybridized carbons (Fsp3) is 0.474. The lowest BCUT2D eigenvalue weighted by atomic mass is 9.93. The lowest BCUT2D eigenvalue weighted by Gasteiger charge is -2.32. The molecule has 1 aromatic carbocycles. The van der Waals surface area contributed by atoms with Crippen LogP contribution < -0.4 is 5.32 Å². The number of carbonyl (C=O) groups excluding carboxylic acids is 1. The molecule has 0 unspecified atom stereocenters. The maximum atomic E-state index is 13.0. The first-order chi connectivity index (χ1) is 12.2. The standard InChI is InChI=1S/C19H24FN3O2.2ClH/c1-21-9-6-14-7-10-23(11-8-14)18(24)12-17-13-25-19(22-17)15-2-4-16(20)5-3-15;;/h2-5,13-14,21H,6-12H2,1H3;2*1H. The second kappa shape index (κ2) is 11.3. The summed E-state index contributed by atoms with van der Waals surface area (Å²) < 4.78 is 18.4. The Morgan fingerprint density at radius 2 is 1.93 bits per heavy atom. The number of hydrogen-bond acceptors (Lipinski definition) is 4. The second-order valence-corrected chi connectivity index (χ2v) is 6.54. The molecule has 1 fully saturated rings. The Balaban J connectivity index is 0.00000182. The highest BCUT2D eigenvalue weighted by Crippen LogP contribution is 2.22. The zero-order valence-corrected chi connectivity index (χ0v) is 17.0. The number of hydrogen-bond donors (Lipinski definition) is 1. The number of carbonyl (C=O) groups is 1. The number of amides is 1. The molecule has 27 heavy (non-hydrogen) atoms. The van der Waals surface area contributed by atoms with E-state index in [-0.39, 0.29) is 43.0 Å². The molecule has 0 spiro atoms. The van der Waals surface area contributed by atoms with Gasteiger partial charge in [-0.1, -0.05) is 0 Å². The first-order valence-electron chi connectivity index (χ1n) is 8.78. The van der Waals surface area contributed by atoms with Gasteiger partial charge in [-0.15, -0.1) is 24.8 Å². The Morgan fingerprint density at radius 3 is 2.56 bits per heavy atom. The summed E-state index contributed by atoms with van der Waals surface area (Å²) >= 11 is 0. The van der Waals surface area contributed by atoms with Gasteiger partial charge in [-0.3, -0.25) is 4.79 Å². The summed E-state index contributed by atoms with van der Waals surface area (Å²) in [5.41, 5.74) is 1.31. The molecule has 3 rings (SSSR count). The molecule has 0 aliphatic carbocycles. The average molecular weight is 418 g/mol. The summed E-state index contributed by atoms with van der Waals surface area (Å²) in [5, 5.41) is 3.18. The number of likely N-dealkylation sites (tertiary alicyclic amines) is 1. The lowest BCUT2D eigenvalue weighted by Crippen LogP contribution is -2.39. The van der Waals surface area contributed by atoms with Crippen LogP contribution in [0.15, 0.2) is 34.9 Å². The van der Waals surface area contributed by atoms with Gasteiger partial charge in [-0.2, -0.15) is 0 Å². The summed E-state index contributed by atoms with van der Waals surface area (Å²) in [6.45, 7) is 2.66. The molecule has 0 atom stereocenters. The number of benzene rings is 1. The second-order valence-electron chi connectivity index (χ2n) is 6.54. The van der Waals surface area contributed by atoms with Crippen molar-refractivity contribution in [2.24, 2.45) is 5.92 Å². The number of nitrogens with one attached hydrogen (secondary N) is 1. The summed E-state index contributed by atoms with van der Waals surface area (Å²) in [5.74, 6) is 0.900. The molecule has 1 amide bonds. The van der Waals surface area contributed by atoms with Crippen LogP contribution in [0.25, 0.3) is 11.5 Å². The molecule has 1 saturated heterocycles. The smallest absolute Gasteiger partial charge is 0.228 e. The van der Waals surface area contributed by atoms with E-state index in [0.29, 0.717) is 23.1 Å². The van der Waals surface area contributed by atoms with Crippen LogP contribution in [0.1, 0.15) is 25.0 Å². The van der Waals surface area contributed by atoms with Gasteiger partial charge in [0.25, 0.3) is 0 Å². The highest BCUT2D eigenvalue weighted by atomic mass is 35.5. The molecule has 2 aromatic rings. The van der Waals surface area contributed by atoms with Crippen molar-refractivity contribution in [3.8, 4) is 11.5 Å². The van der Waals surface area contributed by atoms with Crippen LogP contribution in [-0.2, 0) is 11.2 Å². The predicted molar refractivity (Wildman–Crippen MR) is 108 cm³/mol. The Bertz CT molecular complexity index is 701. The van der Waals surface area contributed by atoms with E-state index >= 15 is 0 Å². The molecule has 0 saturated carbocycles. The number of nitrogens with zero attached hydrogens (tertiary/aromatic N) is 2. The van der Waals surface area contributed by atoms with Crippen LogP contribution >= 0.6 is 24.8 Å². The van der Waals surface area contributed by atoms with Gasteiger partial charge in [0.1, 0.15) is 12.1 Å². The van der Waals surface area contributed by atoms with Crippen molar-refractivity contribution in [1.29, 1.82) is 0 Å². The molecule has 8 heteroatoms. The molecule has 5 nitrogen and oxygen atoms in total. The molecule has 0 bridgehead atoms. The van der Waals surface area contributed by atoms with E-state index < -0.39 is 0 Å². The fourth-order valence-corrected chi connectivity index (χ4v) is 3.20. The minimum absolute atomic E-state index is 0. The van der Waals surface area contributed by atoms with E-state index in [2.05, 4.69) is 10.3 Å². The van der Waals surface area contributed by atoms with Crippen molar-refractivity contribution < 1.29 is 13.6 Å². The van der Waals surface area contributed by atoms with Gasteiger partial charge < -0.3 is 14.6 Å². The minimum atomic E-state index is -0.302. The van der Waals surface area contributed by atoms with Crippen molar-refractivity contribution in [3.63, 3.8) is 0 Å². The van der Waals surface area contributed by atoms with Crippen LogP contribution in [0.5, 0.6) is 0 Å². The molecular weight excluding hydrogens is 392 g/mol. The lowest BCUT2D eigenvalue weighted by molar-refractivity contribution is -0.131. The number of oxazole rings is 1. The Kier molecular flexibility index (Phi) is 9.77. The van der Waals surface area contributed by atoms with E-state index in [4.69, 9.17) is 4.42 Å². The minimum Gasteiger partial charge on any atom is -0.444 e. The number of piperidine rings is 1. The van der Waals surface area contributed by atoms with Crippen molar-refractivity contribution >= 4 is 30.7 Å². The number of halogens is 3. The number of aromatic nitrogens is 1. The van der Waals surface area contributed by atoms with Gasteiger partial charge in [0, 0.05) is 18.7 Å².